The number of carboxylic acids is 1. The maximum atomic E-state index is 12.5. The lowest BCUT2D eigenvalue weighted by Crippen LogP contribution is -2.35. The summed E-state index contributed by atoms with van der Waals surface area (Å²) in [5.41, 5.74) is 0.615. The normalized spacial score (nSPS) is 14.0. The molecule has 8 nitrogen and oxygen atoms in total. The van der Waals surface area contributed by atoms with E-state index in [1.54, 1.807) is 30.3 Å². The first-order valence-corrected chi connectivity index (χ1v) is 9.18. The summed E-state index contributed by atoms with van der Waals surface area (Å²) in [4.78, 5) is 23.9. The van der Waals surface area contributed by atoms with Gasteiger partial charge in [-0.25, -0.2) is 12.7 Å². The van der Waals surface area contributed by atoms with Gasteiger partial charge in [0.05, 0.1) is 17.5 Å². The minimum atomic E-state index is -3.81. The third kappa shape index (κ3) is 4.12. The molecule has 0 aliphatic rings. The summed E-state index contributed by atoms with van der Waals surface area (Å²) >= 11 is 0. The molecule has 0 radical (unpaired) electrons. The van der Waals surface area contributed by atoms with E-state index in [2.05, 4.69) is 5.32 Å². The Kier molecular flexibility index (Phi) is 5.83. The fourth-order valence-corrected chi connectivity index (χ4v) is 3.08. The molecule has 0 bridgehead atoms. The molecule has 2 N–H and O–H groups in total. The molecular formula is C17H20N2O6S. The number of aliphatic carboxylic acids is 1. The van der Waals surface area contributed by atoms with Crippen LogP contribution in [0.3, 0.4) is 0 Å². The maximum absolute atomic E-state index is 12.5. The van der Waals surface area contributed by atoms with E-state index < -0.39 is 33.9 Å². The highest BCUT2D eigenvalue weighted by Crippen LogP contribution is 2.24. The van der Waals surface area contributed by atoms with Crippen molar-refractivity contribution in [3.8, 4) is 0 Å². The molecule has 0 saturated heterocycles. The minimum absolute atomic E-state index is 0.0102. The Morgan fingerprint density at radius 1 is 1.19 bits per heavy atom. The third-order valence-electron chi connectivity index (χ3n) is 3.91. The van der Waals surface area contributed by atoms with Crippen LogP contribution in [0, 0.1) is 5.92 Å². The smallest absolute Gasteiger partial charge is 0.308 e. The predicted molar refractivity (Wildman–Crippen MR) is 93.0 cm³/mol. The molecule has 140 valence electrons. The van der Waals surface area contributed by atoms with Crippen LogP contribution in [0.15, 0.2) is 52.2 Å². The van der Waals surface area contributed by atoms with Gasteiger partial charge in [0.25, 0.3) is 15.9 Å². The number of sulfonamides is 1. The lowest BCUT2D eigenvalue weighted by Gasteiger charge is -2.22. The number of rotatable bonds is 7. The molecule has 2 unspecified atom stereocenters. The summed E-state index contributed by atoms with van der Waals surface area (Å²) in [5.74, 6) is -2.59. The number of nitrogens with one attached hydrogen (secondary N) is 1. The molecule has 0 spiro atoms. The molecular weight excluding hydrogens is 360 g/mol. The van der Waals surface area contributed by atoms with Gasteiger partial charge in [-0.1, -0.05) is 30.3 Å². The molecule has 26 heavy (non-hydrogen) atoms. The van der Waals surface area contributed by atoms with Crippen LogP contribution in [-0.4, -0.2) is 43.8 Å². The standard InChI is InChI=1S/C17H20N2O6S/c1-11(17(21)22)15(12-7-5-4-6-8-12)18-16(20)13-9-14(25-10-13)26(23,24)19(2)3/h4-11,15H,1-3H3,(H,18,20)(H,21,22). The SMILES string of the molecule is CC(C(=O)O)C(NC(=O)c1coc(S(=O)(=O)N(C)C)c1)c1ccccc1. The molecule has 0 saturated carbocycles. The van der Waals surface area contributed by atoms with Crippen LogP contribution in [0.2, 0.25) is 0 Å². The Bertz CT molecular complexity index is 889. The van der Waals surface area contributed by atoms with Gasteiger partial charge in [-0.15, -0.1) is 0 Å². The van der Waals surface area contributed by atoms with E-state index in [-0.39, 0.29) is 10.7 Å². The van der Waals surface area contributed by atoms with Crippen LogP contribution in [0.4, 0.5) is 0 Å². The monoisotopic (exact) mass is 380 g/mol. The summed E-state index contributed by atoms with van der Waals surface area (Å²) in [6.45, 7) is 1.48. The zero-order valence-corrected chi connectivity index (χ0v) is 15.4. The topological polar surface area (TPSA) is 117 Å². The van der Waals surface area contributed by atoms with Crippen LogP contribution in [0.25, 0.3) is 0 Å². The number of furan rings is 1. The van der Waals surface area contributed by atoms with Crippen molar-refractivity contribution in [1.82, 2.24) is 9.62 Å². The lowest BCUT2D eigenvalue weighted by atomic mass is 9.94. The van der Waals surface area contributed by atoms with Crippen molar-refractivity contribution >= 4 is 21.9 Å². The second-order valence-corrected chi connectivity index (χ2v) is 8.01. The first kappa shape index (κ1) is 19.7. The van der Waals surface area contributed by atoms with Crippen LogP contribution in [0.1, 0.15) is 28.9 Å². The number of nitrogens with zero attached hydrogens (tertiary/aromatic N) is 1. The van der Waals surface area contributed by atoms with Gasteiger partial charge in [0, 0.05) is 20.2 Å². The van der Waals surface area contributed by atoms with E-state index in [1.165, 1.54) is 21.0 Å². The largest absolute Gasteiger partial charge is 0.481 e. The first-order chi connectivity index (χ1) is 12.1. The molecule has 1 heterocycles. The average Bonchev–Trinajstić information content (AvgIpc) is 3.10. The van der Waals surface area contributed by atoms with Crippen molar-refractivity contribution in [1.29, 1.82) is 0 Å². The van der Waals surface area contributed by atoms with Gasteiger partial charge in [0.1, 0.15) is 6.26 Å². The van der Waals surface area contributed by atoms with Crippen LogP contribution < -0.4 is 5.32 Å². The third-order valence-corrected chi connectivity index (χ3v) is 5.59. The summed E-state index contributed by atoms with van der Waals surface area (Å²) < 4.78 is 30.0. The second kappa shape index (κ2) is 7.71. The quantitative estimate of drug-likeness (QED) is 0.755. The molecule has 2 atom stereocenters. The molecule has 9 heteroatoms. The molecule has 2 aromatic rings. The number of carbonyl (C=O) groups excluding carboxylic acids is 1. The Labute approximate surface area is 151 Å². The number of carboxylic acid groups (broad SMARTS) is 1. The highest BCUT2D eigenvalue weighted by molar-refractivity contribution is 7.88. The number of carbonyl (C=O) groups is 2. The van der Waals surface area contributed by atoms with Crippen molar-refractivity contribution in [2.75, 3.05) is 14.1 Å². The van der Waals surface area contributed by atoms with E-state index in [0.717, 1.165) is 16.6 Å². The second-order valence-electron chi connectivity index (χ2n) is 5.93. The van der Waals surface area contributed by atoms with E-state index in [1.807, 2.05) is 0 Å². The van der Waals surface area contributed by atoms with Crippen molar-refractivity contribution in [3.05, 3.63) is 53.8 Å². The van der Waals surface area contributed by atoms with Crippen LogP contribution in [-0.2, 0) is 14.8 Å². The molecule has 0 aliphatic carbocycles. The van der Waals surface area contributed by atoms with Gasteiger partial charge in [-0.05, 0) is 12.5 Å². The van der Waals surface area contributed by atoms with Crippen molar-refractivity contribution in [2.24, 2.45) is 5.92 Å². The van der Waals surface area contributed by atoms with E-state index in [9.17, 15) is 23.1 Å². The highest BCUT2D eigenvalue weighted by Gasteiger charge is 2.29. The van der Waals surface area contributed by atoms with E-state index in [0.29, 0.717) is 5.56 Å². The Morgan fingerprint density at radius 3 is 2.35 bits per heavy atom. The zero-order valence-electron chi connectivity index (χ0n) is 14.5. The Morgan fingerprint density at radius 2 is 1.81 bits per heavy atom. The van der Waals surface area contributed by atoms with E-state index >= 15 is 0 Å². The highest BCUT2D eigenvalue weighted by atomic mass is 32.2. The zero-order chi connectivity index (χ0) is 19.5. The minimum Gasteiger partial charge on any atom is -0.481 e. The lowest BCUT2D eigenvalue weighted by molar-refractivity contribution is -0.142. The van der Waals surface area contributed by atoms with Gasteiger partial charge in [0.15, 0.2) is 0 Å². The number of hydrogen-bond acceptors (Lipinski definition) is 5. The summed E-state index contributed by atoms with van der Waals surface area (Å²) in [7, 11) is -1.12. The van der Waals surface area contributed by atoms with Gasteiger partial charge in [-0.3, -0.25) is 9.59 Å². The molecule has 2 rings (SSSR count). The van der Waals surface area contributed by atoms with Gasteiger partial charge in [-0.2, -0.15) is 0 Å². The van der Waals surface area contributed by atoms with Crippen LogP contribution in [0.5, 0.6) is 0 Å². The van der Waals surface area contributed by atoms with Gasteiger partial charge in [0.2, 0.25) is 5.09 Å². The summed E-state index contributed by atoms with van der Waals surface area (Å²) in [6.07, 6.45) is 1.03. The molecule has 0 fully saturated rings. The van der Waals surface area contributed by atoms with Crippen LogP contribution >= 0.6 is 0 Å². The van der Waals surface area contributed by atoms with Crippen molar-refractivity contribution in [2.45, 2.75) is 18.1 Å². The van der Waals surface area contributed by atoms with Gasteiger partial charge >= 0.3 is 5.97 Å². The summed E-state index contributed by atoms with van der Waals surface area (Å²) in [6, 6.07) is 9.00. The van der Waals surface area contributed by atoms with E-state index in [4.69, 9.17) is 4.42 Å². The first-order valence-electron chi connectivity index (χ1n) is 7.74. The number of hydrogen-bond donors (Lipinski definition) is 2. The summed E-state index contributed by atoms with van der Waals surface area (Å²) in [5, 5.41) is 11.6. The Hall–Kier alpha value is -2.65. The molecule has 0 aliphatic heterocycles. The molecule has 1 amide bonds. The maximum Gasteiger partial charge on any atom is 0.308 e. The molecule has 1 aromatic heterocycles. The van der Waals surface area contributed by atoms with Gasteiger partial charge < -0.3 is 14.8 Å². The number of benzene rings is 1. The predicted octanol–water partition coefficient (Wildman–Crippen LogP) is 1.72. The number of amides is 1. The molecule has 1 aromatic carbocycles. The fraction of sp³-hybridized carbons (Fsp3) is 0.294. The Balaban J connectivity index is 2.28. The average molecular weight is 380 g/mol. The fourth-order valence-electron chi connectivity index (χ4n) is 2.28. The van der Waals surface area contributed by atoms with Crippen molar-refractivity contribution in [3.63, 3.8) is 0 Å². The van der Waals surface area contributed by atoms with Crippen molar-refractivity contribution < 1.29 is 27.5 Å².